The van der Waals surface area contributed by atoms with Crippen molar-refractivity contribution in [3.63, 3.8) is 0 Å². The third kappa shape index (κ3) is 3.20. The van der Waals surface area contributed by atoms with Gasteiger partial charge in [0.05, 0.1) is 6.61 Å². The van der Waals surface area contributed by atoms with Crippen molar-refractivity contribution in [1.82, 2.24) is 20.4 Å². The summed E-state index contributed by atoms with van der Waals surface area (Å²) in [4.78, 5) is 38.9. The Kier molecular flexibility index (Phi) is 4.94. The average Bonchev–Trinajstić information content (AvgIpc) is 3.21. The number of ether oxygens (including phenoxy) is 1. The molecule has 1 atom stereocenters. The number of urea groups is 1. The molecule has 2 aliphatic heterocycles. The predicted octanol–water partition coefficient (Wildman–Crippen LogP) is 1.82. The number of hydrogen-bond donors (Lipinski definition) is 2. The maximum atomic E-state index is 13.1. The number of anilines is 1. The summed E-state index contributed by atoms with van der Waals surface area (Å²) < 4.78 is 6.34. The van der Waals surface area contributed by atoms with Gasteiger partial charge in [-0.25, -0.2) is 4.79 Å². The molecule has 1 aromatic carbocycles. The van der Waals surface area contributed by atoms with E-state index in [9.17, 15) is 14.4 Å². The van der Waals surface area contributed by atoms with Gasteiger partial charge in [0.1, 0.15) is 12.3 Å². The van der Waals surface area contributed by atoms with Crippen molar-refractivity contribution in [3.05, 3.63) is 29.8 Å². The van der Waals surface area contributed by atoms with E-state index in [-0.39, 0.29) is 0 Å². The number of para-hydroxylation sites is 1. The van der Waals surface area contributed by atoms with Crippen molar-refractivity contribution in [3.8, 4) is 5.75 Å². The van der Waals surface area contributed by atoms with Crippen LogP contribution in [0.15, 0.2) is 28.6 Å². The molecular formula is C17H17N5O4S2. The highest BCUT2D eigenvalue weighted by atomic mass is 32.2. The molecule has 0 saturated carbocycles. The van der Waals surface area contributed by atoms with Crippen LogP contribution >= 0.6 is 23.1 Å². The van der Waals surface area contributed by atoms with Gasteiger partial charge in [-0.3, -0.25) is 19.8 Å². The minimum Gasteiger partial charge on any atom is -0.493 e. The molecule has 2 aromatic rings. The van der Waals surface area contributed by atoms with E-state index in [1.807, 2.05) is 6.92 Å². The monoisotopic (exact) mass is 419 g/mol. The van der Waals surface area contributed by atoms with Crippen LogP contribution in [0, 0.1) is 0 Å². The highest BCUT2D eigenvalue weighted by Gasteiger charge is 2.55. The number of thioether (sulfide) groups is 1. The van der Waals surface area contributed by atoms with E-state index in [4.69, 9.17) is 4.74 Å². The lowest BCUT2D eigenvalue weighted by atomic mass is 9.84. The molecule has 0 bridgehead atoms. The number of benzene rings is 1. The molecule has 1 saturated heterocycles. The molecule has 1 spiro atoms. The largest absolute Gasteiger partial charge is 0.493 e. The molecule has 2 aliphatic rings. The Morgan fingerprint density at radius 2 is 2.21 bits per heavy atom. The number of fused-ring (bicyclic) bond motifs is 2. The van der Waals surface area contributed by atoms with E-state index in [2.05, 4.69) is 20.8 Å². The average molecular weight is 419 g/mol. The SMILES string of the molecule is CCSc1nnc(NC(=O)CN2C(=O)N[C@]3(CCOc4ccccc43)C2=O)s1. The Morgan fingerprint density at radius 1 is 1.39 bits per heavy atom. The zero-order valence-corrected chi connectivity index (χ0v) is 16.6. The molecule has 1 aromatic heterocycles. The number of rotatable bonds is 5. The normalized spacial score (nSPS) is 20.7. The second-order valence-corrected chi connectivity index (χ2v) is 8.66. The molecule has 4 rings (SSSR count). The molecule has 146 valence electrons. The van der Waals surface area contributed by atoms with Gasteiger partial charge >= 0.3 is 6.03 Å². The number of amides is 4. The van der Waals surface area contributed by atoms with Crippen molar-refractivity contribution in [2.75, 3.05) is 24.2 Å². The van der Waals surface area contributed by atoms with E-state index in [0.717, 1.165) is 15.0 Å². The van der Waals surface area contributed by atoms with Crippen LogP contribution in [0.25, 0.3) is 0 Å². The number of carbonyl (C=O) groups is 3. The Hall–Kier alpha value is -2.66. The van der Waals surface area contributed by atoms with Gasteiger partial charge in [-0.05, 0) is 11.8 Å². The molecule has 1 fully saturated rings. The van der Waals surface area contributed by atoms with Crippen LogP contribution in [0.3, 0.4) is 0 Å². The summed E-state index contributed by atoms with van der Waals surface area (Å²) in [6, 6.07) is 6.50. The molecule has 0 aliphatic carbocycles. The molecule has 3 heterocycles. The van der Waals surface area contributed by atoms with E-state index >= 15 is 0 Å². The van der Waals surface area contributed by atoms with Crippen molar-refractivity contribution in [2.24, 2.45) is 0 Å². The second-order valence-electron chi connectivity index (χ2n) is 6.18. The van der Waals surface area contributed by atoms with E-state index in [1.54, 1.807) is 24.3 Å². The number of aromatic nitrogens is 2. The van der Waals surface area contributed by atoms with Crippen LogP contribution in [0.2, 0.25) is 0 Å². The first-order valence-corrected chi connectivity index (χ1v) is 10.5. The van der Waals surface area contributed by atoms with Crippen LogP contribution < -0.4 is 15.4 Å². The Labute approximate surface area is 168 Å². The summed E-state index contributed by atoms with van der Waals surface area (Å²) in [6.45, 7) is 1.89. The minimum absolute atomic E-state index is 0.297. The predicted molar refractivity (Wildman–Crippen MR) is 103 cm³/mol. The number of carbonyl (C=O) groups excluding carboxylic acids is 3. The summed E-state index contributed by atoms with van der Waals surface area (Å²) in [5.41, 5.74) is -0.590. The highest BCUT2D eigenvalue weighted by molar-refractivity contribution is 8.01. The number of nitrogens with zero attached hydrogens (tertiary/aromatic N) is 3. The molecule has 28 heavy (non-hydrogen) atoms. The fraction of sp³-hybridized carbons (Fsp3) is 0.353. The molecule has 4 amide bonds. The van der Waals surface area contributed by atoms with Crippen LogP contribution in [0.5, 0.6) is 5.75 Å². The zero-order chi connectivity index (χ0) is 19.7. The van der Waals surface area contributed by atoms with Crippen molar-refractivity contribution < 1.29 is 19.1 Å². The topological polar surface area (TPSA) is 114 Å². The summed E-state index contributed by atoms with van der Waals surface area (Å²) in [7, 11) is 0. The Morgan fingerprint density at radius 3 is 3.04 bits per heavy atom. The summed E-state index contributed by atoms with van der Waals surface area (Å²) in [5.74, 6) is 0.440. The Balaban J connectivity index is 1.50. The number of hydrogen-bond acceptors (Lipinski definition) is 8. The molecule has 9 nitrogen and oxygen atoms in total. The molecule has 2 N–H and O–H groups in total. The summed E-state index contributed by atoms with van der Waals surface area (Å²) >= 11 is 2.76. The quantitative estimate of drug-likeness (QED) is 0.432. The van der Waals surface area contributed by atoms with E-state index in [0.29, 0.717) is 29.5 Å². The van der Waals surface area contributed by atoms with Gasteiger partial charge in [0.25, 0.3) is 5.91 Å². The summed E-state index contributed by atoms with van der Waals surface area (Å²) in [6.07, 6.45) is 0.306. The van der Waals surface area contributed by atoms with Crippen LogP contribution in [-0.2, 0) is 15.1 Å². The zero-order valence-electron chi connectivity index (χ0n) is 14.9. The number of nitrogens with one attached hydrogen (secondary N) is 2. The van der Waals surface area contributed by atoms with Gasteiger partial charge in [-0.1, -0.05) is 48.2 Å². The van der Waals surface area contributed by atoms with Gasteiger partial charge in [0.2, 0.25) is 11.0 Å². The lowest BCUT2D eigenvalue weighted by Gasteiger charge is -2.33. The van der Waals surface area contributed by atoms with E-state index < -0.39 is 29.9 Å². The minimum atomic E-state index is -1.19. The standard InChI is InChI=1S/C17H17N5O4S2/c1-2-27-16-21-20-14(28-16)18-12(23)9-22-13(24)17(19-15(22)25)7-8-26-11-6-4-3-5-10(11)17/h3-6H,2,7-9H2,1H3,(H,19,25)(H,18,20,23)/t17-/m0/s1. The fourth-order valence-electron chi connectivity index (χ4n) is 3.26. The molecular weight excluding hydrogens is 402 g/mol. The third-order valence-electron chi connectivity index (χ3n) is 4.48. The molecule has 0 unspecified atom stereocenters. The first-order chi connectivity index (χ1) is 13.5. The van der Waals surface area contributed by atoms with Crippen LogP contribution in [-0.4, -0.2) is 51.8 Å². The van der Waals surface area contributed by atoms with Gasteiger partial charge in [-0.15, -0.1) is 10.2 Å². The maximum absolute atomic E-state index is 13.1. The van der Waals surface area contributed by atoms with E-state index in [1.165, 1.54) is 23.1 Å². The third-order valence-corrected chi connectivity index (χ3v) is 6.33. The summed E-state index contributed by atoms with van der Waals surface area (Å²) in [5, 5.41) is 13.5. The smallest absolute Gasteiger partial charge is 0.325 e. The first-order valence-electron chi connectivity index (χ1n) is 8.66. The second kappa shape index (κ2) is 7.40. The van der Waals surface area contributed by atoms with Crippen LogP contribution in [0.4, 0.5) is 9.93 Å². The highest BCUT2D eigenvalue weighted by Crippen LogP contribution is 2.40. The molecule has 11 heteroatoms. The maximum Gasteiger partial charge on any atom is 0.325 e. The molecule has 0 radical (unpaired) electrons. The van der Waals surface area contributed by atoms with Gasteiger partial charge < -0.3 is 10.1 Å². The van der Waals surface area contributed by atoms with Crippen molar-refractivity contribution >= 4 is 46.1 Å². The lowest BCUT2D eigenvalue weighted by Crippen LogP contribution is -2.48. The van der Waals surface area contributed by atoms with Gasteiger partial charge in [0.15, 0.2) is 9.88 Å². The lowest BCUT2D eigenvalue weighted by molar-refractivity contribution is -0.135. The van der Waals surface area contributed by atoms with Crippen molar-refractivity contribution in [1.29, 1.82) is 0 Å². The van der Waals surface area contributed by atoms with Crippen LogP contribution in [0.1, 0.15) is 18.9 Å². The van der Waals surface area contributed by atoms with Gasteiger partial charge in [-0.2, -0.15) is 0 Å². The number of imide groups is 1. The Bertz CT molecular complexity index is 949. The van der Waals surface area contributed by atoms with Crippen molar-refractivity contribution in [2.45, 2.75) is 23.2 Å². The van der Waals surface area contributed by atoms with Gasteiger partial charge in [0, 0.05) is 12.0 Å². The fourth-order valence-corrected chi connectivity index (χ4v) is 4.93. The first kappa shape index (κ1) is 18.7.